The van der Waals surface area contributed by atoms with Crippen LogP contribution in [0.25, 0.3) is 0 Å². The zero-order valence-electron chi connectivity index (χ0n) is 8.33. The lowest BCUT2D eigenvalue weighted by Gasteiger charge is -2.09. The summed E-state index contributed by atoms with van der Waals surface area (Å²) in [5.41, 5.74) is 0.460. The van der Waals surface area contributed by atoms with E-state index < -0.39 is 0 Å². The molecule has 0 saturated heterocycles. The molecule has 15 heavy (non-hydrogen) atoms. The van der Waals surface area contributed by atoms with Crippen molar-refractivity contribution in [1.29, 1.82) is 0 Å². The fourth-order valence-electron chi connectivity index (χ4n) is 1.54. The van der Waals surface area contributed by atoms with Crippen LogP contribution < -0.4 is 9.47 Å². The largest absolute Gasteiger partial charge is 0.490 e. The lowest BCUT2D eigenvalue weighted by Crippen LogP contribution is -1.98. The molecule has 0 aromatic heterocycles. The van der Waals surface area contributed by atoms with E-state index in [0.29, 0.717) is 36.7 Å². The van der Waals surface area contributed by atoms with Gasteiger partial charge in [0.15, 0.2) is 11.5 Å². The fourth-order valence-corrected chi connectivity index (χ4v) is 1.54. The Labute approximate surface area is 87.4 Å². The molecule has 0 bridgehead atoms. The third-order valence-electron chi connectivity index (χ3n) is 2.30. The van der Waals surface area contributed by atoms with Crippen molar-refractivity contribution in [3.63, 3.8) is 0 Å². The van der Waals surface area contributed by atoms with Crippen LogP contribution in [-0.2, 0) is 6.42 Å². The van der Waals surface area contributed by atoms with E-state index in [1.54, 1.807) is 6.07 Å². The molecule has 82 valence electrons. The number of benzene rings is 1. The second-order valence-corrected chi connectivity index (χ2v) is 3.41. The standard InChI is InChI=1S/C11H13FO3/c12-9-7-11-10(6-8(9)2-3-13)14-4-1-5-15-11/h6-7,13H,1-5H2. The minimum absolute atomic E-state index is 0.0729. The third kappa shape index (κ3) is 2.21. The molecule has 0 atom stereocenters. The van der Waals surface area contributed by atoms with Crippen LogP contribution in [0.1, 0.15) is 12.0 Å². The van der Waals surface area contributed by atoms with E-state index in [1.165, 1.54) is 6.07 Å². The van der Waals surface area contributed by atoms with Gasteiger partial charge in [-0.15, -0.1) is 0 Å². The molecule has 0 spiro atoms. The van der Waals surface area contributed by atoms with Crippen molar-refractivity contribution in [1.82, 2.24) is 0 Å². The molecule has 0 saturated carbocycles. The van der Waals surface area contributed by atoms with E-state index in [1.807, 2.05) is 0 Å². The smallest absolute Gasteiger partial charge is 0.164 e. The monoisotopic (exact) mass is 212 g/mol. The SMILES string of the molecule is OCCc1cc2c(cc1F)OCCCO2. The Kier molecular flexibility index (Phi) is 3.06. The van der Waals surface area contributed by atoms with Gasteiger partial charge in [-0.2, -0.15) is 0 Å². The van der Waals surface area contributed by atoms with E-state index in [0.717, 1.165) is 6.42 Å². The Morgan fingerprint density at radius 3 is 2.53 bits per heavy atom. The minimum Gasteiger partial charge on any atom is -0.490 e. The van der Waals surface area contributed by atoms with Gasteiger partial charge in [0, 0.05) is 19.1 Å². The third-order valence-corrected chi connectivity index (χ3v) is 2.30. The summed E-state index contributed by atoms with van der Waals surface area (Å²) in [6, 6.07) is 2.93. The number of aliphatic hydroxyl groups is 1. The quantitative estimate of drug-likeness (QED) is 0.807. The molecule has 0 aliphatic carbocycles. The average Bonchev–Trinajstić information content (AvgIpc) is 2.44. The summed E-state index contributed by atoms with van der Waals surface area (Å²) < 4.78 is 24.2. The van der Waals surface area contributed by atoms with E-state index in [-0.39, 0.29) is 12.4 Å². The minimum atomic E-state index is -0.353. The topological polar surface area (TPSA) is 38.7 Å². The van der Waals surface area contributed by atoms with E-state index in [9.17, 15) is 4.39 Å². The van der Waals surface area contributed by atoms with Crippen LogP contribution in [0.3, 0.4) is 0 Å². The molecule has 1 aliphatic heterocycles. The van der Waals surface area contributed by atoms with Gasteiger partial charge in [0.05, 0.1) is 13.2 Å². The summed E-state index contributed by atoms with van der Waals surface area (Å²) in [6.45, 7) is 1.06. The first kappa shape index (κ1) is 10.2. The van der Waals surface area contributed by atoms with Crippen molar-refractivity contribution in [3.8, 4) is 11.5 Å². The van der Waals surface area contributed by atoms with Crippen molar-refractivity contribution in [3.05, 3.63) is 23.5 Å². The highest BCUT2D eigenvalue weighted by molar-refractivity contribution is 5.44. The molecule has 1 N–H and O–H groups in total. The van der Waals surface area contributed by atoms with Gasteiger partial charge in [-0.05, 0) is 18.1 Å². The zero-order chi connectivity index (χ0) is 10.7. The maximum atomic E-state index is 13.5. The first-order valence-corrected chi connectivity index (χ1v) is 5.00. The van der Waals surface area contributed by atoms with Crippen LogP contribution in [0, 0.1) is 5.82 Å². The number of fused-ring (bicyclic) bond motifs is 1. The maximum Gasteiger partial charge on any atom is 0.164 e. The molecular formula is C11H13FO3. The molecule has 3 nitrogen and oxygen atoms in total. The van der Waals surface area contributed by atoms with Gasteiger partial charge in [0.1, 0.15) is 5.82 Å². The zero-order valence-corrected chi connectivity index (χ0v) is 8.33. The molecule has 1 aromatic rings. The van der Waals surface area contributed by atoms with Crippen molar-refractivity contribution < 1.29 is 19.0 Å². The molecule has 0 amide bonds. The Morgan fingerprint density at radius 1 is 1.20 bits per heavy atom. The summed E-state index contributed by atoms with van der Waals surface area (Å²) in [5.74, 6) is 0.664. The number of halogens is 1. The molecule has 0 unspecified atom stereocenters. The summed E-state index contributed by atoms with van der Waals surface area (Å²) in [5, 5.41) is 8.77. The summed E-state index contributed by atoms with van der Waals surface area (Å²) in [7, 11) is 0. The first-order valence-electron chi connectivity index (χ1n) is 5.00. The molecule has 2 rings (SSSR count). The van der Waals surface area contributed by atoms with Crippen molar-refractivity contribution >= 4 is 0 Å². The van der Waals surface area contributed by atoms with Crippen molar-refractivity contribution in [2.45, 2.75) is 12.8 Å². The van der Waals surface area contributed by atoms with Gasteiger partial charge in [-0.25, -0.2) is 4.39 Å². The predicted octanol–water partition coefficient (Wildman–Crippen LogP) is 1.52. The fraction of sp³-hybridized carbons (Fsp3) is 0.455. The molecule has 1 aliphatic rings. The Bertz CT molecular complexity index is 352. The van der Waals surface area contributed by atoms with Crippen LogP contribution in [0.4, 0.5) is 4.39 Å². The van der Waals surface area contributed by atoms with Crippen LogP contribution in [-0.4, -0.2) is 24.9 Å². The second-order valence-electron chi connectivity index (χ2n) is 3.41. The van der Waals surface area contributed by atoms with Gasteiger partial charge in [0.25, 0.3) is 0 Å². The van der Waals surface area contributed by atoms with Gasteiger partial charge in [-0.1, -0.05) is 0 Å². The maximum absolute atomic E-state index is 13.5. The summed E-state index contributed by atoms with van der Waals surface area (Å²) in [4.78, 5) is 0. The van der Waals surface area contributed by atoms with Crippen molar-refractivity contribution in [2.24, 2.45) is 0 Å². The predicted molar refractivity (Wildman–Crippen MR) is 52.8 cm³/mol. The molecule has 0 radical (unpaired) electrons. The number of rotatable bonds is 2. The Hall–Kier alpha value is -1.29. The van der Waals surface area contributed by atoms with Crippen LogP contribution >= 0.6 is 0 Å². The highest BCUT2D eigenvalue weighted by atomic mass is 19.1. The van der Waals surface area contributed by atoms with Gasteiger partial charge in [-0.3, -0.25) is 0 Å². The van der Waals surface area contributed by atoms with Crippen LogP contribution in [0.15, 0.2) is 12.1 Å². The Balaban J connectivity index is 2.33. The van der Waals surface area contributed by atoms with Gasteiger partial charge >= 0.3 is 0 Å². The first-order chi connectivity index (χ1) is 7.31. The number of hydrogen-bond donors (Lipinski definition) is 1. The lowest BCUT2D eigenvalue weighted by molar-refractivity contribution is 0.295. The molecule has 4 heteroatoms. The highest BCUT2D eigenvalue weighted by Gasteiger charge is 2.14. The average molecular weight is 212 g/mol. The van der Waals surface area contributed by atoms with Crippen LogP contribution in [0.2, 0.25) is 0 Å². The van der Waals surface area contributed by atoms with E-state index >= 15 is 0 Å². The molecule has 1 aromatic carbocycles. The number of ether oxygens (including phenoxy) is 2. The normalized spacial score (nSPS) is 14.8. The van der Waals surface area contributed by atoms with Gasteiger partial charge < -0.3 is 14.6 Å². The molecular weight excluding hydrogens is 199 g/mol. The number of aliphatic hydroxyl groups excluding tert-OH is 1. The van der Waals surface area contributed by atoms with E-state index in [4.69, 9.17) is 14.6 Å². The van der Waals surface area contributed by atoms with Crippen molar-refractivity contribution in [2.75, 3.05) is 19.8 Å². The Morgan fingerprint density at radius 2 is 1.87 bits per heavy atom. The molecule has 0 fully saturated rings. The second kappa shape index (κ2) is 4.49. The van der Waals surface area contributed by atoms with Crippen LogP contribution in [0.5, 0.6) is 11.5 Å². The lowest BCUT2D eigenvalue weighted by atomic mass is 10.1. The summed E-state index contributed by atoms with van der Waals surface area (Å²) >= 11 is 0. The van der Waals surface area contributed by atoms with E-state index in [2.05, 4.69) is 0 Å². The summed E-state index contributed by atoms with van der Waals surface area (Å²) in [6.07, 6.45) is 1.09. The highest BCUT2D eigenvalue weighted by Crippen LogP contribution is 2.32. The molecule has 1 heterocycles. The number of hydrogen-bond acceptors (Lipinski definition) is 3. The van der Waals surface area contributed by atoms with Gasteiger partial charge in [0.2, 0.25) is 0 Å².